The molecule has 0 saturated heterocycles. The Balaban J connectivity index is 1.88. The molecule has 25 heavy (non-hydrogen) atoms. The molecule has 3 nitrogen and oxygen atoms in total. The number of aromatic nitrogens is 1. The molecule has 1 aromatic heterocycles. The van der Waals surface area contributed by atoms with E-state index in [0.29, 0.717) is 6.42 Å². The number of nitrogens with one attached hydrogen (secondary N) is 1. The first-order valence-corrected chi connectivity index (χ1v) is 8.14. The largest absolute Gasteiger partial charge is 0.325 e. The van der Waals surface area contributed by atoms with Gasteiger partial charge in [0.1, 0.15) is 5.82 Å². The molecule has 126 valence electrons. The van der Waals surface area contributed by atoms with E-state index in [1.807, 2.05) is 43.3 Å². The fraction of sp³-hybridized carbons (Fsp3) is 0.143. The molecule has 0 spiro atoms. The van der Waals surface area contributed by atoms with E-state index < -0.39 is 5.92 Å². The maximum atomic E-state index is 13.3. The zero-order valence-electron chi connectivity index (χ0n) is 13.9. The first-order chi connectivity index (χ1) is 12.1. The summed E-state index contributed by atoms with van der Waals surface area (Å²) >= 11 is 0. The molecule has 1 amide bonds. The Morgan fingerprint density at radius 3 is 2.52 bits per heavy atom. The zero-order chi connectivity index (χ0) is 17.6. The lowest BCUT2D eigenvalue weighted by Crippen LogP contribution is -2.23. The van der Waals surface area contributed by atoms with Crippen LogP contribution in [0.5, 0.6) is 0 Å². The molecule has 0 saturated carbocycles. The highest BCUT2D eigenvalue weighted by Crippen LogP contribution is 2.24. The fourth-order valence-corrected chi connectivity index (χ4v) is 2.74. The number of halogens is 1. The summed E-state index contributed by atoms with van der Waals surface area (Å²) < 4.78 is 13.3. The molecule has 0 bridgehead atoms. The summed E-state index contributed by atoms with van der Waals surface area (Å²) in [4.78, 5) is 17.0. The smallest absolute Gasteiger partial charge is 0.232 e. The fourth-order valence-electron chi connectivity index (χ4n) is 2.74. The van der Waals surface area contributed by atoms with E-state index in [0.717, 1.165) is 22.4 Å². The second kappa shape index (κ2) is 7.71. The normalized spacial score (nSPS) is 11.8. The molecule has 1 N–H and O–H groups in total. The standard InChI is InChI=1S/C21H19FN2O/c1-15-5-2-3-7-20(15)24-21(25)19(13-16-6-4-12-23-14-16)17-8-10-18(22)11-9-17/h2-12,14,19H,13H2,1H3,(H,24,25). The molecular formula is C21H19FN2O. The van der Waals surface area contributed by atoms with Crippen LogP contribution in [0.2, 0.25) is 0 Å². The molecule has 0 aliphatic rings. The lowest BCUT2D eigenvalue weighted by atomic mass is 9.91. The van der Waals surface area contributed by atoms with Crippen molar-refractivity contribution in [3.8, 4) is 0 Å². The summed E-state index contributed by atoms with van der Waals surface area (Å²) in [6.07, 6.45) is 3.94. The van der Waals surface area contributed by atoms with Crippen LogP contribution in [-0.4, -0.2) is 10.9 Å². The Morgan fingerprint density at radius 1 is 1.08 bits per heavy atom. The van der Waals surface area contributed by atoms with Crippen molar-refractivity contribution in [2.24, 2.45) is 0 Å². The molecule has 0 fully saturated rings. The van der Waals surface area contributed by atoms with Crippen molar-refractivity contribution in [1.82, 2.24) is 4.98 Å². The highest BCUT2D eigenvalue weighted by Gasteiger charge is 2.22. The molecule has 0 aliphatic heterocycles. The van der Waals surface area contributed by atoms with E-state index in [9.17, 15) is 9.18 Å². The zero-order valence-corrected chi connectivity index (χ0v) is 13.9. The van der Waals surface area contributed by atoms with E-state index in [1.54, 1.807) is 24.5 Å². The highest BCUT2D eigenvalue weighted by molar-refractivity contribution is 5.96. The van der Waals surface area contributed by atoms with Gasteiger partial charge in [0.15, 0.2) is 0 Å². The first kappa shape index (κ1) is 16.8. The number of amides is 1. The summed E-state index contributed by atoms with van der Waals surface area (Å²) in [6, 6.07) is 17.5. The molecule has 3 aromatic rings. The van der Waals surface area contributed by atoms with Crippen molar-refractivity contribution in [2.45, 2.75) is 19.3 Å². The van der Waals surface area contributed by atoms with Crippen LogP contribution in [0, 0.1) is 12.7 Å². The average molecular weight is 334 g/mol. The maximum absolute atomic E-state index is 13.3. The van der Waals surface area contributed by atoms with Crippen LogP contribution in [0.1, 0.15) is 22.6 Å². The summed E-state index contributed by atoms with van der Waals surface area (Å²) in [5.41, 5.74) is 3.51. The molecule has 1 heterocycles. The van der Waals surface area contributed by atoms with Crippen molar-refractivity contribution in [2.75, 3.05) is 5.32 Å². The average Bonchev–Trinajstić information content (AvgIpc) is 2.63. The van der Waals surface area contributed by atoms with Crippen LogP contribution in [0.15, 0.2) is 73.1 Å². The number of rotatable bonds is 5. The summed E-state index contributed by atoms with van der Waals surface area (Å²) in [5.74, 6) is -0.864. The highest BCUT2D eigenvalue weighted by atomic mass is 19.1. The number of aryl methyl sites for hydroxylation is 1. The number of anilines is 1. The van der Waals surface area contributed by atoms with Crippen molar-refractivity contribution < 1.29 is 9.18 Å². The summed E-state index contributed by atoms with van der Waals surface area (Å²) in [6.45, 7) is 1.95. The molecule has 0 aliphatic carbocycles. The number of nitrogens with zero attached hydrogens (tertiary/aromatic N) is 1. The predicted octanol–water partition coefficient (Wildman–Crippen LogP) is 4.49. The molecule has 1 atom stereocenters. The number of carbonyl (C=O) groups is 1. The molecule has 0 radical (unpaired) electrons. The minimum absolute atomic E-state index is 0.121. The van der Waals surface area contributed by atoms with E-state index in [1.165, 1.54) is 12.1 Å². The predicted molar refractivity (Wildman–Crippen MR) is 96.9 cm³/mol. The van der Waals surface area contributed by atoms with Crippen LogP contribution >= 0.6 is 0 Å². The van der Waals surface area contributed by atoms with Gasteiger partial charge in [-0.25, -0.2) is 4.39 Å². The quantitative estimate of drug-likeness (QED) is 0.747. The van der Waals surface area contributed by atoms with Gasteiger partial charge in [-0.2, -0.15) is 0 Å². The van der Waals surface area contributed by atoms with Gasteiger partial charge >= 0.3 is 0 Å². The van der Waals surface area contributed by atoms with Crippen molar-refractivity contribution in [3.05, 3.63) is 95.6 Å². The molecule has 1 unspecified atom stereocenters. The van der Waals surface area contributed by atoms with Gasteiger partial charge < -0.3 is 5.32 Å². The maximum Gasteiger partial charge on any atom is 0.232 e. The lowest BCUT2D eigenvalue weighted by Gasteiger charge is -2.18. The van der Waals surface area contributed by atoms with Crippen molar-refractivity contribution in [1.29, 1.82) is 0 Å². The van der Waals surface area contributed by atoms with Gasteiger partial charge in [0.2, 0.25) is 5.91 Å². The van der Waals surface area contributed by atoms with Crippen LogP contribution in [0.25, 0.3) is 0 Å². The molecule has 3 rings (SSSR count). The molecular weight excluding hydrogens is 315 g/mol. The Bertz CT molecular complexity index is 847. The van der Waals surface area contributed by atoms with Gasteiger partial charge in [-0.3, -0.25) is 9.78 Å². The second-order valence-electron chi connectivity index (χ2n) is 5.97. The van der Waals surface area contributed by atoms with E-state index >= 15 is 0 Å². The minimum atomic E-state index is -0.426. The molecule has 2 aromatic carbocycles. The van der Waals surface area contributed by atoms with Crippen LogP contribution in [-0.2, 0) is 11.2 Å². The van der Waals surface area contributed by atoms with E-state index in [-0.39, 0.29) is 11.7 Å². The number of para-hydroxylation sites is 1. The Morgan fingerprint density at radius 2 is 1.84 bits per heavy atom. The number of hydrogen-bond acceptors (Lipinski definition) is 2. The second-order valence-corrected chi connectivity index (χ2v) is 5.97. The van der Waals surface area contributed by atoms with Gasteiger partial charge in [-0.15, -0.1) is 0 Å². The third-order valence-corrected chi connectivity index (χ3v) is 4.15. The van der Waals surface area contributed by atoms with E-state index in [4.69, 9.17) is 0 Å². The van der Waals surface area contributed by atoms with Gasteiger partial charge in [-0.1, -0.05) is 36.4 Å². The lowest BCUT2D eigenvalue weighted by molar-refractivity contribution is -0.117. The van der Waals surface area contributed by atoms with Crippen LogP contribution in [0.3, 0.4) is 0 Å². The third kappa shape index (κ3) is 4.29. The first-order valence-electron chi connectivity index (χ1n) is 8.14. The van der Waals surface area contributed by atoms with Gasteiger partial charge in [0.25, 0.3) is 0 Å². The Hall–Kier alpha value is -3.01. The number of carbonyl (C=O) groups excluding carboxylic acids is 1. The van der Waals surface area contributed by atoms with E-state index in [2.05, 4.69) is 10.3 Å². The number of benzene rings is 2. The number of pyridine rings is 1. The third-order valence-electron chi connectivity index (χ3n) is 4.15. The Labute approximate surface area is 146 Å². The van der Waals surface area contributed by atoms with Gasteiger partial charge in [0, 0.05) is 18.1 Å². The minimum Gasteiger partial charge on any atom is -0.325 e. The number of hydrogen-bond donors (Lipinski definition) is 1. The topological polar surface area (TPSA) is 42.0 Å². The Kier molecular flexibility index (Phi) is 5.19. The van der Waals surface area contributed by atoms with Crippen LogP contribution in [0.4, 0.5) is 10.1 Å². The SMILES string of the molecule is Cc1ccccc1NC(=O)C(Cc1cccnc1)c1ccc(F)cc1. The summed E-state index contributed by atoms with van der Waals surface area (Å²) in [5, 5.41) is 2.99. The van der Waals surface area contributed by atoms with Crippen molar-refractivity contribution in [3.63, 3.8) is 0 Å². The van der Waals surface area contributed by atoms with Crippen molar-refractivity contribution >= 4 is 11.6 Å². The van der Waals surface area contributed by atoms with Gasteiger partial charge in [-0.05, 0) is 54.3 Å². The summed E-state index contributed by atoms with van der Waals surface area (Å²) in [7, 11) is 0. The monoisotopic (exact) mass is 334 g/mol. The van der Waals surface area contributed by atoms with Gasteiger partial charge in [0.05, 0.1) is 5.92 Å². The van der Waals surface area contributed by atoms with Crippen LogP contribution < -0.4 is 5.32 Å². The molecule has 4 heteroatoms.